The minimum atomic E-state index is -5.13. The van der Waals surface area contributed by atoms with Gasteiger partial charge in [0.2, 0.25) is 0 Å². The van der Waals surface area contributed by atoms with E-state index >= 15 is 0 Å². The number of amides is 2. The SMILES string of the molecule is Cc1csc(NC(=O)[C@H](NC(=O)C(F)(F)F)[C@H](C)O)n1. The number of anilines is 1. The van der Waals surface area contributed by atoms with Crippen molar-refractivity contribution in [3.8, 4) is 0 Å². The van der Waals surface area contributed by atoms with Gasteiger partial charge in [-0.2, -0.15) is 13.2 Å². The van der Waals surface area contributed by atoms with E-state index in [1.165, 1.54) is 5.32 Å². The summed E-state index contributed by atoms with van der Waals surface area (Å²) in [7, 11) is 0. The van der Waals surface area contributed by atoms with Crippen molar-refractivity contribution in [3.05, 3.63) is 11.1 Å². The largest absolute Gasteiger partial charge is 0.471 e. The lowest BCUT2D eigenvalue weighted by atomic mass is 10.1. The van der Waals surface area contributed by atoms with Gasteiger partial charge < -0.3 is 15.7 Å². The van der Waals surface area contributed by atoms with Crippen LogP contribution in [0.1, 0.15) is 12.6 Å². The Labute approximate surface area is 116 Å². The molecule has 0 radical (unpaired) electrons. The number of carbonyl (C=O) groups excluding carboxylic acids is 2. The number of rotatable bonds is 4. The maximum Gasteiger partial charge on any atom is 0.471 e. The van der Waals surface area contributed by atoms with Gasteiger partial charge in [-0.1, -0.05) is 0 Å². The van der Waals surface area contributed by atoms with Crippen molar-refractivity contribution in [1.29, 1.82) is 0 Å². The van der Waals surface area contributed by atoms with Crippen molar-refractivity contribution in [2.45, 2.75) is 32.2 Å². The number of nitrogens with zero attached hydrogens (tertiary/aromatic N) is 1. The number of aryl methyl sites for hydroxylation is 1. The van der Waals surface area contributed by atoms with Gasteiger partial charge >= 0.3 is 12.1 Å². The Bertz CT molecular complexity index is 501. The molecule has 0 unspecified atom stereocenters. The lowest BCUT2D eigenvalue weighted by Crippen LogP contribution is -2.53. The van der Waals surface area contributed by atoms with E-state index in [1.54, 1.807) is 12.3 Å². The smallest absolute Gasteiger partial charge is 0.391 e. The second kappa shape index (κ2) is 6.18. The van der Waals surface area contributed by atoms with Gasteiger partial charge in [0, 0.05) is 5.38 Å². The molecule has 1 aromatic rings. The first-order valence-electron chi connectivity index (χ1n) is 5.40. The molecule has 0 aliphatic heterocycles. The zero-order valence-corrected chi connectivity index (χ0v) is 11.3. The van der Waals surface area contributed by atoms with E-state index in [0.717, 1.165) is 18.3 Å². The van der Waals surface area contributed by atoms with Gasteiger partial charge in [0.15, 0.2) is 5.13 Å². The highest BCUT2D eigenvalue weighted by molar-refractivity contribution is 7.13. The molecular weight excluding hydrogens is 299 g/mol. The third-order valence-corrected chi connectivity index (χ3v) is 3.03. The van der Waals surface area contributed by atoms with Crippen molar-refractivity contribution in [2.24, 2.45) is 0 Å². The highest BCUT2D eigenvalue weighted by Gasteiger charge is 2.41. The van der Waals surface area contributed by atoms with E-state index in [2.05, 4.69) is 10.3 Å². The van der Waals surface area contributed by atoms with Crippen molar-refractivity contribution in [3.63, 3.8) is 0 Å². The maximum atomic E-state index is 12.1. The standard InChI is InChI=1S/C10H12F3N3O3S/c1-4-3-20-9(14-4)16-7(18)6(5(2)17)15-8(19)10(11,12)13/h3,5-6,17H,1-2H3,(H,15,19)(H,14,16,18)/t5-,6+/m0/s1. The van der Waals surface area contributed by atoms with Crippen molar-refractivity contribution in [2.75, 3.05) is 5.32 Å². The topological polar surface area (TPSA) is 91.3 Å². The fourth-order valence-electron chi connectivity index (χ4n) is 1.22. The lowest BCUT2D eigenvalue weighted by Gasteiger charge is -2.20. The number of aromatic nitrogens is 1. The third kappa shape index (κ3) is 4.46. The second-order valence-electron chi connectivity index (χ2n) is 3.97. The van der Waals surface area contributed by atoms with Gasteiger partial charge in [0.25, 0.3) is 5.91 Å². The van der Waals surface area contributed by atoms with Crippen LogP contribution in [0.4, 0.5) is 18.3 Å². The normalized spacial score (nSPS) is 14.5. The van der Waals surface area contributed by atoms with E-state index in [9.17, 15) is 27.9 Å². The number of halogens is 3. The molecule has 6 nitrogen and oxygen atoms in total. The van der Waals surface area contributed by atoms with Gasteiger partial charge in [0.1, 0.15) is 6.04 Å². The summed E-state index contributed by atoms with van der Waals surface area (Å²) in [4.78, 5) is 26.4. The van der Waals surface area contributed by atoms with Crippen molar-refractivity contribution in [1.82, 2.24) is 10.3 Å². The molecule has 0 saturated heterocycles. The number of nitrogens with one attached hydrogen (secondary N) is 2. The summed E-state index contributed by atoms with van der Waals surface area (Å²) >= 11 is 1.07. The van der Waals surface area contributed by atoms with Crippen molar-refractivity contribution < 1.29 is 27.9 Å². The van der Waals surface area contributed by atoms with Gasteiger partial charge in [-0.15, -0.1) is 11.3 Å². The molecule has 0 aromatic carbocycles. The first kappa shape index (κ1) is 16.4. The molecule has 10 heteroatoms. The molecule has 2 atom stereocenters. The fraction of sp³-hybridized carbons (Fsp3) is 0.500. The maximum absolute atomic E-state index is 12.1. The van der Waals surface area contributed by atoms with E-state index in [1.807, 2.05) is 0 Å². The summed E-state index contributed by atoms with van der Waals surface area (Å²) in [6.45, 7) is 2.76. The van der Waals surface area contributed by atoms with E-state index in [0.29, 0.717) is 5.69 Å². The number of hydrogen-bond donors (Lipinski definition) is 3. The van der Waals surface area contributed by atoms with Gasteiger partial charge in [-0.05, 0) is 13.8 Å². The van der Waals surface area contributed by atoms with Crippen LogP contribution in [0.15, 0.2) is 5.38 Å². The Morgan fingerprint density at radius 3 is 2.45 bits per heavy atom. The molecule has 0 spiro atoms. The molecule has 0 fully saturated rings. The molecule has 0 aliphatic rings. The fourth-order valence-corrected chi connectivity index (χ4v) is 1.91. The minimum absolute atomic E-state index is 0.166. The monoisotopic (exact) mass is 311 g/mol. The van der Waals surface area contributed by atoms with Crippen LogP contribution in [0.3, 0.4) is 0 Å². The summed E-state index contributed by atoms with van der Waals surface area (Å²) in [6.07, 6.45) is -6.63. The van der Waals surface area contributed by atoms with Crippen LogP contribution in [0, 0.1) is 6.92 Å². The third-order valence-electron chi connectivity index (χ3n) is 2.16. The minimum Gasteiger partial charge on any atom is -0.391 e. The number of hydrogen-bond acceptors (Lipinski definition) is 5. The van der Waals surface area contributed by atoms with E-state index in [4.69, 9.17) is 0 Å². The Kier molecular flexibility index (Phi) is 5.06. The van der Waals surface area contributed by atoms with E-state index < -0.39 is 30.1 Å². The van der Waals surface area contributed by atoms with Gasteiger partial charge in [0.05, 0.1) is 11.8 Å². The van der Waals surface area contributed by atoms with Crippen LogP contribution < -0.4 is 10.6 Å². The molecular formula is C10H12F3N3O3S. The van der Waals surface area contributed by atoms with E-state index in [-0.39, 0.29) is 5.13 Å². The zero-order chi connectivity index (χ0) is 15.5. The van der Waals surface area contributed by atoms with Gasteiger partial charge in [-0.25, -0.2) is 4.98 Å². The van der Waals surface area contributed by atoms with Crippen LogP contribution >= 0.6 is 11.3 Å². The second-order valence-corrected chi connectivity index (χ2v) is 4.83. The first-order chi connectivity index (χ1) is 9.11. The Balaban J connectivity index is 2.75. The lowest BCUT2D eigenvalue weighted by molar-refractivity contribution is -0.175. The first-order valence-corrected chi connectivity index (χ1v) is 6.28. The highest BCUT2D eigenvalue weighted by Crippen LogP contribution is 2.17. The Morgan fingerprint density at radius 2 is 2.05 bits per heavy atom. The molecule has 20 heavy (non-hydrogen) atoms. The summed E-state index contributed by atoms with van der Waals surface area (Å²) in [5.74, 6) is -3.28. The number of aliphatic hydroxyl groups excluding tert-OH is 1. The molecule has 3 N–H and O–H groups in total. The quantitative estimate of drug-likeness (QED) is 0.767. The Morgan fingerprint density at radius 1 is 1.45 bits per heavy atom. The van der Waals surface area contributed by atoms with Crippen LogP contribution in [-0.2, 0) is 9.59 Å². The average molecular weight is 311 g/mol. The highest BCUT2D eigenvalue weighted by atomic mass is 32.1. The van der Waals surface area contributed by atoms with Gasteiger partial charge in [-0.3, -0.25) is 9.59 Å². The molecule has 1 rings (SSSR count). The average Bonchev–Trinajstić information content (AvgIpc) is 2.69. The molecule has 2 amide bonds. The van der Waals surface area contributed by atoms with Crippen LogP contribution in [0.25, 0.3) is 0 Å². The molecule has 0 aliphatic carbocycles. The summed E-state index contributed by atoms with van der Waals surface area (Å²) in [6, 6.07) is -1.73. The van der Waals surface area contributed by atoms with Crippen LogP contribution in [-0.4, -0.2) is 40.2 Å². The predicted molar refractivity (Wildman–Crippen MR) is 65.1 cm³/mol. The van der Waals surface area contributed by atoms with Crippen LogP contribution in [0.2, 0.25) is 0 Å². The molecule has 1 aromatic heterocycles. The number of aliphatic hydroxyl groups is 1. The number of alkyl halides is 3. The summed E-state index contributed by atoms with van der Waals surface area (Å²) < 4.78 is 36.4. The molecule has 0 bridgehead atoms. The van der Waals surface area contributed by atoms with Crippen molar-refractivity contribution >= 4 is 28.3 Å². The summed E-state index contributed by atoms with van der Waals surface area (Å²) in [5, 5.41) is 14.8. The zero-order valence-electron chi connectivity index (χ0n) is 10.5. The molecule has 112 valence electrons. The number of thiazole rings is 1. The molecule has 1 heterocycles. The summed E-state index contributed by atoms with van der Waals surface area (Å²) in [5.41, 5.74) is 0.623. The Hall–Kier alpha value is -1.68. The number of carbonyl (C=O) groups is 2. The predicted octanol–water partition coefficient (Wildman–Crippen LogP) is 0.818. The molecule has 0 saturated carbocycles. The van der Waals surface area contributed by atoms with Crippen LogP contribution in [0.5, 0.6) is 0 Å².